The molecule has 2 fully saturated rings. The monoisotopic (exact) mass is 496 g/mol. The van der Waals surface area contributed by atoms with Crippen LogP contribution < -0.4 is 0 Å². The number of hydrogen-bond donors (Lipinski definition) is 0. The summed E-state index contributed by atoms with van der Waals surface area (Å²) < 4.78 is 53.0. The highest BCUT2D eigenvalue weighted by molar-refractivity contribution is 7.91. The van der Waals surface area contributed by atoms with Crippen LogP contribution in [0.5, 0.6) is 0 Å². The first-order valence-corrected chi connectivity index (χ1v) is 14.8. The topological polar surface area (TPSA) is 110 Å². The molecule has 1 amide bonds. The fraction of sp³-hybridized carbons (Fsp3) is 0.636. The van der Waals surface area contributed by atoms with Crippen LogP contribution in [0.3, 0.4) is 0 Å². The summed E-state index contributed by atoms with van der Waals surface area (Å²) in [4.78, 5) is 19.2. The molecule has 3 heterocycles. The van der Waals surface area contributed by atoms with Gasteiger partial charge < -0.3 is 9.47 Å². The van der Waals surface area contributed by atoms with Gasteiger partial charge in [0, 0.05) is 45.6 Å². The quantitative estimate of drug-likeness (QED) is 0.551. The first-order chi connectivity index (χ1) is 15.6. The van der Waals surface area contributed by atoms with E-state index in [4.69, 9.17) is 4.98 Å². The van der Waals surface area contributed by atoms with Crippen molar-refractivity contribution in [1.29, 1.82) is 0 Å². The van der Waals surface area contributed by atoms with Crippen LogP contribution in [0.25, 0.3) is 11.0 Å². The van der Waals surface area contributed by atoms with E-state index in [1.165, 1.54) is 4.31 Å². The third-order valence-electron chi connectivity index (χ3n) is 6.66. The first kappa shape index (κ1) is 24.2. The van der Waals surface area contributed by atoms with Crippen LogP contribution in [0.4, 0.5) is 0 Å². The van der Waals surface area contributed by atoms with Crippen molar-refractivity contribution in [3.05, 3.63) is 24.0 Å². The minimum Gasteiger partial charge on any atom is -0.342 e. The number of hydrogen-bond acceptors (Lipinski definition) is 6. The van der Waals surface area contributed by atoms with Crippen molar-refractivity contribution in [1.82, 2.24) is 18.8 Å². The Balaban J connectivity index is 1.54. The second-order valence-electron chi connectivity index (χ2n) is 9.00. The second-order valence-corrected chi connectivity index (χ2v) is 13.2. The van der Waals surface area contributed by atoms with Gasteiger partial charge in [-0.25, -0.2) is 21.8 Å². The maximum absolute atomic E-state index is 13.0. The molecule has 1 aromatic carbocycles. The number of fused-ring (bicyclic) bond motifs is 1. The lowest BCUT2D eigenvalue weighted by Gasteiger charge is -2.23. The average molecular weight is 497 g/mol. The van der Waals surface area contributed by atoms with Crippen molar-refractivity contribution in [3.8, 4) is 0 Å². The molecule has 9 nitrogen and oxygen atoms in total. The van der Waals surface area contributed by atoms with Gasteiger partial charge in [0.1, 0.15) is 5.82 Å². The van der Waals surface area contributed by atoms with Gasteiger partial charge in [-0.3, -0.25) is 4.79 Å². The van der Waals surface area contributed by atoms with Crippen LogP contribution in [0.15, 0.2) is 23.1 Å². The van der Waals surface area contributed by atoms with E-state index in [-0.39, 0.29) is 34.8 Å². The number of aryl methyl sites for hydroxylation is 2. The van der Waals surface area contributed by atoms with Crippen molar-refractivity contribution < 1.29 is 21.6 Å². The lowest BCUT2D eigenvalue weighted by atomic mass is 10.2. The van der Waals surface area contributed by atoms with Crippen LogP contribution in [0.1, 0.15) is 44.9 Å². The van der Waals surface area contributed by atoms with Gasteiger partial charge in [-0.1, -0.05) is 6.92 Å². The SMILES string of the molecule is CCCn1c(CCC(=O)N(C)C2CCS(=O)(=O)C2)nc2cc(S(=O)(=O)N3CCCC3)ccc21. The minimum atomic E-state index is -3.53. The van der Waals surface area contributed by atoms with Crippen molar-refractivity contribution >= 4 is 36.8 Å². The third kappa shape index (κ3) is 4.95. The molecule has 2 aromatic rings. The summed E-state index contributed by atoms with van der Waals surface area (Å²) in [5, 5.41) is 0. The number of carbonyl (C=O) groups is 1. The maximum Gasteiger partial charge on any atom is 0.243 e. The van der Waals surface area contributed by atoms with Crippen molar-refractivity contribution in [2.24, 2.45) is 0 Å². The summed E-state index contributed by atoms with van der Waals surface area (Å²) in [7, 11) is -4.92. The zero-order valence-electron chi connectivity index (χ0n) is 19.2. The van der Waals surface area contributed by atoms with Gasteiger partial charge in [0.05, 0.1) is 27.4 Å². The van der Waals surface area contributed by atoms with Crippen LogP contribution in [0.2, 0.25) is 0 Å². The van der Waals surface area contributed by atoms with Crippen LogP contribution >= 0.6 is 0 Å². The highest BCUT2D eigenvalue weighted by Crippen LogP contribution is 2.26. The fourth-order valence-electron chi connectivity index (χ4n) is 4.74. The molecular weight excluding hydrogens is 464 g/mol. The van der Waals surface area contributed by atoms with Gasteiger partial charge in [-0.2, -0.15) is 4.31 Å². The average Bonchev–Trinajstić information content (AvgIpc) is 3.51. The van der Waals surface area contributed by atoms with Crippen molar-refractivity contribution in [2.75, 3.05) is 31.6 Å². The molecule has 1 atom stereocenters. The molecule has 2 aliphatic heterocycles. The number of rotatable bonds is 8. The first-order valence-electron chi connectivity index (χ1n) is 11.6. The Labute approximate surface area is 195 Å². The predicted octanol–water partition coefficient (Wildman–Crippen LogP) is 1.81. The summed E-state index contributed by atoms with van der Waals surface area (Å²) in [6.45, 7) is 3.87. The number of carbonyl (C=O) groups excluding carboxylic acids is 1. The zero-order chi connectivity index (χ0) is 23.8. The van der Waals surface area contributed by atoms with Gasteiger partial charge in [0.15, 0.2) is 9.84 Å². The highest BCUT2D eigenvalue weighted by atomic mass is 32.2. The van der Waals surface area contributed by atoms with E-state index >= 15 is 0 Å². The minimum absolute atomic E-state index is 0.0257. The van der Waals surface area contributed by atoms with Gasteiger partial charge in [-0.15, -0.1) is 0 Å². The Morgan fingerprint density at radius 2 is 1.97 bits per heavy atom. The number of imidazole rings is 1. The summed E-state index contributed by atoms with van der Waals surface area (Å²) in [5.74, 6) is 0.787. The van der Waals surface area contributed by atoms with E-state index in [1.807, 2.05) is 6.07 Å². The smallest absolute Gasteiger partial charge is 0.243 e. The molecule has 0 saturated carbocycles. The number of sulfonamides is 1. The van der Waals surface area contributed by atoms with E-state index in [0.29, 0.717) is 31.4 Å². The molecule has 0 spiro atoms. The molecule has 2 saturated heterocycles. The summed E-state index contributed by atoms with van der Waals surface area (Å²) in [6.07, 6.45) is 3.75. The van der Waals surface area contributed by atoms with E-state index in [1.54, 1.807) is 24.1 Å². The van der Waals surface area contributed by atoms with Gasteiger partial charge in [0.2, 0.25) is 15.9 Å². The van der Waals surface area contributed by atoms with Crippen LogP contribution in [0, 0.1) is 0 Å². The van der Waals surface area contributed by atoms with Crippen molar-refractivity contribution in [2.45, 2.75) is 62.9 Å². The molecule has 1 aromatic heterocycles. The molecule has 0 bridgehead atoms. The second kappa shape index (κ2) is 9.34. The normalized spacial score (nSPS) is 21.1. The maximum atomic E-state index is 13.0. The van der Waals surface area contributed by atoms with E-state index in [0.717, 1.165) is 37.1 Å². The molecule has 0 radical (unpaired) electrons. The third-order valence-corrected chi connectivity index (χ3v) is 10.3. The Bertz CT molecular complexity index is 1250. The molecule has 0 aliphatic carbocycles. The number of aromatic nitrogens is 2. The van der Waals surface area contributed by atoms with E-state index < -0.39 is 19.9 Å². The molecule has 4 rings (SSSR count). The van der Waals surface area contributed by atoms with E-state index in [2.05, 4.69) is 11.5 Å². The molecule has 182 valence electrons. The lowest BCUT2D eigenvalue weighted by Crippen LogP contribution is -2.38. The largest absolute Gasteiger partial charge is 0.342 e. The Morgan fingerprint density at radius 1 is 1.24 bits per heavy atom. The van der Waals surface area contributed by atoms with E-state index in [9.17, 15) is 21.6 Å². The van der Waals surface area contributed by atoms with Gasteiger partial charge in [0.25, 0.3) is 0 Å². The van der Waals surface area contributed by atoms with Crippen molar-refractivity contribution in [3.63, 3.8) is 0 Å². The number of sulfone groups is 1. The fourth-order valence-corrected chi connectivity index (χ4v) is 8.05. The zero-order valence-corrected chi connectivity index (χ0v) is 20.9. The molecular formula is C22H32N4O5S2. The van der Waals surface area contributed by atoms with Gasteiger partial charge in [-0.05, 0) is 43.9 Å². The standard InChI is InChI=1S/C22H32N4O5S2/c1-3-11-26-20-7-6-18(33(30,31)25-12-4-5-13-25)15-19(20)23-21(26)8-9-22(27)24(2)17-10-14-32(28,29)16-17/h6-7,15,17H,3-5,8-14,16H2,1-2H3. The molecule has 33 heavy (non-hydrogen) atoms. The lowest BCUT2D eigenvalue weighted by molar-refractivity contribution is -0.131. The number of benzene rings is 1. The van der Waals surface area contributed by atoms with Gasteiger partial charge >= 0.3 is 0 Å². The Morgan fingerprint density at radius 3 is 2.61 bits per heavy atom. The number of amides is 1. The molecule has 1 unspecified atom stereocenters. The molecule has 11 heteroatoms. The summed E-state index contributed by atoms with van der Waals surface area (Å²) in [6, 6.07) is 4.82. The highest BCUT2D eigenvalue weighted by Gasteiger charge is 2.33. The van der Waals surface area contributed by atoms with Crippen LogP contribution in [-0.2, 0) is 37.6 Å². The Kier molecular flexibility index (Phi) is 6.84. The Hall–Kier alpha value is -1.98. The molecule has 2 aliphatic rings. The summed E-state index contributed by atoms with van der Waals surface area (Å²) in [5.41, 5.74) is 1.47. The van der Waals surface area contributed by atoms with Crippen LogP contribution in [-0.4, -0.2) is 79.2 Å². The predicted molar refractivity (Wildman–Crippen MR) is 126 cm³/mol. The summed E-state index contributed by atoms with van der Waals surface area (Å²) >= 11 is 0. The number of nitrogens with zero attached hydrogens (tertiary/aromatic N) is 4. The molecule has 0 N–H and O–H groups in total.